The molecule has 1 saturated heterocycles. The van der Waals surface area contributed by atoms with Crippen LogP contribution in [0.3, 0.4) is 0 Å². The average molecular weight is 192 g/mol. The van der Waals surface area contributed by atoms with E-state index in [9.17, 15) is 5.11 Å². The summed E-state index contributed by atoms with van der Waals surface area (Å²) >= 11 is 0. The minimum Gasteiger partial charge on any atom is -0.385 e. The number of hydrogen-bond acceptors (Lipinski definition) is 3. The standard InChI is InChI=1S/C11H16N2O/c1-9-7-11(14,4-6-13-9)10-3-2-5-12-8-10/h2-3,5,8-9,13-14H,4,6-7H2,1H3. The summed E-state index contributed by atoms with van der Waals surface area (Å²) in [6.07, 6.45) is 5.02. The normalized spacial score (nSPS) is 32.9. The van der Waals surface area contributed by atoms with Gasteiger partial charge < -0.3 is 10.4 Å². The van der Waals surface area contributed by atoms with Gasteiger partial charge >= 0.3 is 0 Å². The maximum atomic E-state index is 10.4. The van der Waals surface area contributed by atoms with Gasteiger partial charge in [-0.2, -0.15) is 0 Å². The molecule has 14 heavy (non-hydrogen) atoms. The third-order valence-corrected chi connectivity index (χ3v) is 2.87. The Balaban J connectivity index is 2.23. The van der Waals surface area contributed by atoms with Gasteiger partial charge in [-0.15, -0.1) is 0 Å². The second-order valence-corrected chi connectivity index (χ2v) is 4.08. The van der Waals surface area contributed by atoms with Crippen molar-refractivity contribution in [1.82, 2.24) is 10.3 Å². The molecular weight excluding hydrogens is 176 g/mol. The Hall–Kier alpha value is -0.930. The van der Waals surface area contributed by atoms with Crippen LogP contribution < -0.4 is 5.32 Å². The van der Waals surface area contributed by atoms with E-state index in [4.69, 9.17) is 0 Å². The predicted octanol–water partition coefficient (Wildman–Crippen LogP) is 1.04. The largest absolute Gasteiger partial charge is 0.385 e. The predicted molar refractivity (Wildman–Crippen MR) is 54.8 cm³/mol. The maximum Gasteiger partial charge on any atom is 0.0938 e. The number of pyridine rings is 1. The molecule has 3 heteroatoms. The molecule has 1 aliphatic heterocycles. The molecule has 2 N–H and O–H groups in total. The molecule has 1 fully saturated rings. The summed E-state index contributed by atoms with van der Waals surface area (Å²) in [4.78, 5) is 4.05. The van der Waals surface area contributed by atoms with Crippen molar-refractivity contribution in [3.8, 4) is 0 Å². The van der Waals surface area contributed by atoms with Crippen LogP contribution >= 0.6 is 0 Å². The molecule has 76 valence electrons. The van der Waals surface area contributed by atoms with E-state index >= 15 is 0 Å². The first-order chi connectivity index (χ1) is 6.71. The van der Waals surface area contributed by atoms with Crippen LogP contribution in [-0.4, -0.2) is 22.7 Å². The Kier molecular flexibility index (Phi) is 2.52. The molecule has 1 aromatic rings. The quantitative estimate of drug-likeness (QED) is 0.699. The Morgan fingerprint density at radius 1 is 1.64 bits per heavy atom. The molecule has 0 aliphatic carbocycles. The third kappa shape index (κ3) is 1.79. The Morgan fingerprint density at radius 2 is 2.50 bits per heavy atom. The van der Waals surface area contributed by atoms with Crippen molar-refractivity contribution >= 4 is 0 Å². The fourth-order valence-electron chi connectivity index (χ4n) is 2.11. The highest BCUT2D eigenvalue weighted by atomic mass is 16.3. The molecule has 2 atom stereocenters. The van der Waals surface area contributed by atoms with E-state index in [2.05, 4.69) is 17.2 Å². The third-order valence-electron chi connectivity index (χ3n) is 2.87. The highest BCUT2D eigenvalue weighted by Crippen LogP contribution is 2.31. The van der Waals surface area contributed by atoms with Gasteiger partial charge in [0.25, 0.3) is 0 Å². The van der Waals surface area contributed by atoms with E-state index in [-0.39, 0.29) is 0 Å². The summed E-state index contributed by atoms with van der Waals surface area (Å²) in [5.41, 5.74) is 0.257. The van der Waals surface area contributed by atoms with Gasteiger partial charge in [-0.25, -0.2) is 0 Å². The van der Waals surface area contributed by atoms with Crippen molar-refractivity contribution < 1.29 is 5.11 Å². The molecule has 0 aromatic carbocycles. The van der Waals surface area contributed by atoms with Crippen molar-refractivity contribution in [2.24, 2.45) is 0 Å². The van der Waals surface area contributed by atoms with Crippen molar-refractivity contribution in [3.05, 3.63) is 30.1 Å². The van der Waals surface area contributed by atoms with E-state index in [0.29, 0.717) is 6.04 Å². The fraction of sp³-hybridized carbons (Fsp3) is 0.545. The highest BCUT2D eigenvalue weighted by molar-refractivity contribution is 5.19. The Morgan fingerprint density at radius 3 is 3.14 bits per heavy atom. The monoisotopic (exact) mass is 192 g/mol. The van der Waals surface area contributed by atoms with E-state index in [1.807, 2.05) is 12.1 Å². The molecule has 0 radical (unpaired) electrons. The molecule has 1 aliphatic rings. The number of hydrogen-bond donors (Lipinski definition) is 2. The lowest BCUT2D eigenvalue weighted by molar-refractivity contribution is -0.00675. The van der Waals surface area contributed by atoms with E-state index in [1.54, 1.807) is 12.4 Å². The summed E-state index contributed by atoms with van der Waals surface area (Å²) in [6, 6.07) is 4.19. The lowest BCUT2D eigenvalue weighted by atomic mass is 9.83. The minimum atomic E-state index is -0.682. The first-order valence-corrected chi connectivity index (χ1v) is 5.07. The molecule has 2 unspecified atom stereocenters. The number of nitrogens with zero attached hydrogens (tertiary/aromatic N) is 1. The van der Waals surface area contributed by atoms with Crippen LogP contribution in [0.15, 0.2) is 24.5 Å². The topological polar surface area (TPSA) is 45.2 Å². The Labute approximate surface area is 84.2 Å². The zero-order valence-corrected chi connectivity index (χ0v) is 8.40. The second-order valence-electron chi connectivity index (χ2n) is 4.08. The summed E-state index contributed by atoms with van der Waals surface area (Å²) in [5, 5.41) is 13.8. The number of aromatic nitrogens is 1. The summed E-state index contributed by atoms with van der Waals surface area (Å²) in [6.45, 7) is 2.97. The smallest absolute Gasteiger partial charge is 0.0938 e. The van der Waals surface area contributed by atoms with Crippen LogP contribution in [-0.2, 0) is 5.60 Å². The minimum absolute atomic E-state index is 0.369. The van der Waals surface area contributed by atoms with Crippen LogP contribution in [0.1, 0.15) is 25.3 Å². The average Bonchev–Trinajstić information content (AvgIpc) is 2.19. The highest BCUT2D eigenvalue weighted by Gasteiger charge is 2.34. The number of nitrogens with one attached hydrogen (secondary N) is 1. The van der Waals surface area contributed by atoms with E-state index in [1.165, 1.54) is 0 Å². The van der Waals surface area contributed by atoms with Crippen molar-refractivity contribution in [3.63, 3.8) is 0 Å². The second kappa shape index (κ2) is 3.67. The first-order valence-electron chi connectivity index (χ1n) is 5.07. The summed E-state index contributed by atoms with van der Waals surface area (Å²) in [5.74, 6) is 0. The van der Waals surface area contributed by atoms with Crippen LogP contribution in [0, 0.1) is 0 Å². The van der Waals surface area contributed by atoms with Gasteiger partial charge in [0.05, 0.1) is 5.60 Å². The zero-order valence-electron chi connectivity index (χ0n) is 8.40. The number of aliphatic hydroxyl groups is 1. The molecule has 1 aromatic heterocycles. The molecule has 0 amide bonds. The number of rotatable bonds is 1. The van der Waals surface area contributed by atoms with Gasteiger partial charge in [0.1, 0.15) is 0 Å². The van der Waals surface area contributed by atoms with Gasteiger partial charge in [-0.3, -0.25) is 4.98 Å². The zero-order chi connectivity index (χ0) is 10.0. The van der Waals surface area contributed by atoms with Gasteiger partial charge in [0.2, 0.25) is 0 Å². The van der Waals surface area contributed by atoms with Crippen molar-refractivity contribution in [2.45, 2.75) is 31.4 Å². The fourth-order valence-corrected chi connectivity index (χ4v) is 2.11. The Bertz CT molecular complexity index is 301. The molecular formula is C11H16N2O. The van der Waals surface area contributed by atoms with Gasteiger partial charge in [-0.1, -0.05) is 6.07 Å². The molecule has 0 bridgehead atoms. The van der Waals surface area contributed by atoms with Gasteiger partial charge in [0.15, 0.2) is 0 Å². The summed E-state index contributed by atoms with van der Waals surface area (Å²) in [7, 11) is 0. The first kappa shape index (κ1) is 9.62. The van der Waals surface area contributed by atoms with Gasteiger partial charge in [-0.05, 0) is 32.4 Å². The SMILES string of the molecule is CC1CC(O)(c2cccnc2)CCN1. The van der Waals surface area contributed by atoms with Crippen molar-refractivity contribution in [1.29, 1.82) is 0 Å². The lowest BCUT2D eigenvalue weighted by Gasteiger charge is -2.36. The van der Waals surface area contributed by atoms with Crippen LogP contribution in [0.2, 0.25) is 0 Å². The van der Waals surface area contributed by atoms with E-state index in [0.717, 1.165) is 24.9 Å². The lowest BCUT2D eigenvalue weighted by Crippen LogP contribution is -2.44. The van der Waals surface area contributed by atoms with Crippen LogP contribution in [0.4, 0.5) is 0 Å². The molecule has 0 spiro atoms. The molecule has 2 rings (SSSR count). The maximum absolute atomic E-state index is 10.4. The van der Waals surface area contributed by atoms with Crippen molar-refractivity contribution in [2.75, 3.05) is 6.54 Å². The summed E-state index contributed by atoms with van der Waals surface area (Å²) < 4.78 is 0. The molecule has 0 saturated carbocycles. The van der Waals surface area contributed by atoms with Crippen LogP contribution in [0.5, 0.6) is 0 Å². The molecule has 3 nitrogen and oxygen atoms in total. The van der Waals surface area contributed by atoms with E-state index < -0.39 is 5.60 Å². The number of piperidine rings is 1. The van der Waals surface area contributed by atoms with Crippen LogP contribution in [0.25, 0.3) is 0 Å². The molecule has 2 heterocycles. The van der Waals surface area contributed by atoms with Gasteiger partial charge in [0, 0.05) is 24.0 Å².